The van der Waals surface area contributed by atoms with E-state index >= 15 is 0 Å². The molecule has 2 aliphatic heterocycles. The molecular weight excluding hydrogens is 396 g/mol. The second kappa shape index (κ2) is 9.23. The lowest BCUT2D eigenvalue weighted by Gasteiger charge is -2.36. The normalized spacial score (nSPS) is 21.1. The summed E-state index contributed by atoms with van der Waals surface area (Å²) in [6.07, 6.45) is 4.18. The lowest BCUT2D eigenvalue weighted by Crippen LogP contribution is -2.54. The second-order valence-corrected chi connectivity index (χ2v) is 7.80. The number of anilines is 1. The average Bonchev–Trinajstić information content (AvgIpc) is 3.29. The van der Waals surface area contributed by atoms with Crippen LogP contribution in [0.4, 0.5) is 5.69 Å². The van der Waals surface area contributed by atoms with E-state index in [9.17, 15) is 14.4 Å². The van der Waals surface area contributed by atoms with E-state index in [1.54, 1.807) is 41.6 Å². The first-order valence-electron chi connectivity index (χ1n) is 10.4. The molecule has 3 heterocycles. The lowest BCUT2D eigenvalue weighted by atomic mass is 10.0. The molecule has 31 heavy (non-hydrogen) atoms. The summed E-state index contributed by atoms with van der Waals surface area (Å²) in [6, 6.07) is 10.5. The number of hydrogen-bond acceptors (Lipinski definition) is 6. The summed E-state index contributed by atoms with van der Waals surface area (Å²) in [5.74, 6) is -0.243. The number of nitrogens with zero attached hydrogens (tertiary/aromatic N) is 3. The van der Waals surface area contributed by atoms with Gasteiger partial charge in [-0.15, -0.1) is 0 Å². The van der Waals surface area contributed by atoms with E-state index in [4.69, 9.17) is 0 Å². The number of amides is 3. The van der Waals surface area contributed by atoms with Crippen LogP contribution in [0.15, 0.2) is 48.8 Å². The van der Waals surface area contributed by atoms with Crippen LogP contribution in [-0.2, 0) is 9.59 Å². The van der Waals surface area contributed by atoms with Crippen LogP contribution in [0.2, 0.25) is 0 Å². The van der Waals surface area contributed by atoms with Crippen LogP contribution in [-0.4, -0.2) is 64.7 Å². The highest BCUT2D eigenvalue weighted by Gasteiger charge is 2.34. The number of hydrogen-bond donors (Lipinski definition) is 3. The summed E-state index contributed by atoms with van der Waals surface area (Å²) in [4.78, 5) is 44.7. The second-order valence-electron chi connectivity index (χ2n) is 7.80. The summed E-state index contributed by atoms with van der Waals surface area (Å²) in [5, 5.41) is 2.69. The van der Waals surface area contributed by atoms with E-state index in [0.717, 1.165) is 5.56 Å². The van der Waals surface area contributed by atoms with Crippen molar-refractivity contribution in [1.82, 2.24) is 25.6 Å². The summed E-state index contributed by atoms with van der Waals surface area (Å²) in [5.41, 5.74) is 8.43. The van der Waals surface area contributed by atoms with Gasteiger partial charge in [0, 0.05) is 62.8 Å². The van der Waals surface area contributed by atoms with E-state index in [1.165, 1.54) is 6.92 Å². The number of carbonyl (C=O) groups excluding carboxylic acids is 3. The highest BCUT2D eigenvalue weighted by atomic mass is 16.2. The van der Waals surface area contributed by atoms with Crippen molar-refractivity contribution in [2.24, 2.45) is 0 Å². The Morgan fingerprint density at radius 2 is 1.81 bits per heavy atom. The highest BCUT2D eigenvalue weighted by molar-refractivity contribution is 5.97. The van der Waals surface area contributed by atoms with Crippen molar-refractivity contribution in [3.05, 3.63) is 59.9 Å². The molecule has 2 atom stereocenters. The Labute approximate surface area is 180 Å². The molecule has 2 aliphatic rings. The molecule has 9 nitrogen and oxygen atoms in total. The van der Waals surface area contributed by atoms with Gasteiger partial charge in [-0.25, -0.2) is 10.9 Å². The quantitative estimate of drug-likeness (QED) is 0.677. The number of hydrazine groups is 1. The van der Waals surface area contributed by atoms with Crippen LogP contribution in [0.3, 0.4) is 0 Å². The molecular formula is C22H26N6O3. The molecule has 2 aromatic rings. The maximum absolute atomic E-state index is 12.9. The predicted octanol–water partition coefficient (Wildman–Crippen LogP) is 0.932. The van der Waals surface area contributed by atoms with E-state index < -0.39 is 0 Å². The maximum atomic E-state index is 12.9. The van der Waals surface area contributed by atoms with Gasteiger partial charge in [0.1, 0.15) is 6.04 Å². The Hall–Kier alpha value is -3.30. The van der Waals surface area contributed by atoms with Crippen molar-refractivity contribution in [2.45, 2.75) is 25.4 Å². The van der Waals surface area contributed by atoms with E-state index in [2.05, 4.69) is 21.2 Å². The van der Waals surface area contributed by atoms with Crippen LogP contribution < -0.4 is 16.2 Å². The van der Waals surface area contributed by atoms with Crippen LogP contribution in [0.1, 0.15) is 35.3 Å². The number of pyridine rings is 1. The SMILES string of the molecule is CC(=O)Nc1cccc(C(=O)N2CCN(C(=O)C3CC(c4cccnc4)NN3)CC2)c1. The molecule has 0 radical (unpaired) electrons. The van der Waals surface area contributed by atoms with Crippen molar-refractivity contribution in [3.8, 4) is 0 Å². The van der Waals surface area contributed by atoms with E-state index in [0.29, 0.717) is 43.9 Å². The Morgan fingerprint density at radius 1 is 1.03 bits per heavy atom. The molecule has 2 fully saturated rings. The zero-order valence-corrected chi connectivity index (χ0v) is 17.4. The average molecular weight is 422 g/mol. The molecule has 4 rings (SSSR count). The van der Waals surface area contributed by atoms with Gasteiger partial charge in [0.25, 0.3) is 5.91 Å². The third-order valence-corrected chi connectivity index (χ3v) is 5.60. The third-order valence-electron chi connectivity index (χ3n) is 5.60. The number of nitrogens with one attached hydrogen (secondary N) is 3. The van der Waals surface area contributed by atoms with Gasteiger partial charge in [-0.1, -0.05) is 12.1 Å². The Kier molecular flexibility index (Phi) is 6.24. The van der Waals surface area contributed by atoms with Gasteiger partial charge in [-0.05, 0) is 36.2 Å². The predicted molar refractivity (Wildman–Crippen MR) is 115 cm³/mol. The number of rotatable bonds is 4. The van der Waals surface area contributed by atoms with Gasteiger partial charge in [0.15, 0.2) is 0 Å². The van der Waals surface area contributed by atoms with Gasteiger partial charge < -0.3 is 15.1 Å². The number of piperazine rings is 1. The first-order valence-corrected chi connectivity index (χ1v) is 10.4. The number of benzene rings is 1. The fraction of sp³-hybridized carbons (Fsp3) is 0.364. The monoisotopic (exact) mass is 422 g/mol. The maximum Gasteiger partial charge on any atom is 0.254 e. The van der Waals surface area contributed by atoms with Gasteiger partial charge in [0.2, 0.25) is 11.8 Å². The minimum atomic E-state index is -0.304. The largest absolute Gasteiger partial charge is 0.338 e. The van der Waals surface area contributed by atoms with Crippen molar-refractivity contribution in [3.63, 3.8) is 0 Å². The fourth-order valence-corrected chi connectivity index (χ4v) is 3.98. The van der Waals surface area contributed by atoms with Crippen molar-refractivity contribution >= 4 is 23.4 Å². The fourth-order valence-electron chi connectivity index (χ4n) is 3.98. The lowest BCUT2D eigenvalue weighted by molar-refractivity contribution is -0.134. The van der Waals surface area contributed by atoms with Crippen molar-refractivity contribution in [2.75, 3.05) is 31.5 Å². The summed E-state index contributed by atoms with van der Waals surface area (Å²) in [6.45, 7) is 3.36. The minimum absolute atomic E-state index is 0.0404. The molecule has 9 heteroatoms. The van der Waals surface area contributed by atoms with E-state index in [1.807, 2.05) is 17.0 Å². The Morgan fingerprint density at radius 3 is 2.52 bits per heavy atom. The topological polar surface area (TPSA) is 107 Å². The van der Waals surface area contributed by atoms with Gasteiger partial charge >= 0.3 is 0 Å². The third kappa shape index (κ3) is 4.89. The molecule has 0 aliphatic carbocycles. The molecule has 2 unspecified atom stereocenters. The molecule has 0 saturated carbocycles. The Balaban J connectivity index is 1.31. The zero-order chi connectivity index (χ0) is 21.8. The molecule has 1 aromatic carbocycles. The number of carbonyl (C=O) groups is 3. The van der Waals surface area contributed by atoms with Crippen LogP contribution in [0.5, 0.6) is 0 Å². The molecule has 162 valence electrons. The van der Waals surface area contributed by atoms with Crippen molar-refractivity contribution < 1.29 is 14.4 Å². The highest BCUT2D eigenvalue weighted by Crippen LogP contribution is 2.23. The molecule has 3 amide bonds. The molecule has 2 saturated heterocycles. The van der Waals surface area contributed by atoms with Gasteiger partial charge in [0.05, 0.1) is 0 Å². The zero-order valence-electron chi connectivity index (χ0n) is 17.4. The number of aromatic nitrogens is 1. The summed E-state index contributed by atoms with van der Waals surface area (Å²) >= 11 is 0. The molecule has 1 aromatic heterocycles. The van der Waals surface area contributed by atoms with Crippen LogP contribution >= 0.6 is 0 Å². The molecule has 0 spiro atoms. The summed E-state index contributed by atoms with van der Waals surface area (Å²) in [7, 11) is 0. The molecule has 3 N–H and O–H groups in total. The van der Waals surface area contributed by atoms with Crippen molar-refractivity contribution in [1.29, 1.82) is 0 Å². The minimum Gasteiger partial charge on any atom is -0.338 e. The van der Waals surface area contributed by atoms with Crippen LogP contribution in [0, 0.1) is 0 Å². The standard InChI is InChI=1S/C22H26N6O3/c1-15(29)24-18-6-2-4-16(12-18)21(30)27-8-10-28(11-9-27)22(31)20-13-19(25-26-20)17-5-3-7-23-14-17/h2-7,12,14,19-20,25-26H,8-11,13H2,1H3,(H,24,29). The molecule has 0 bridgehead atoms. The Bertz CT molecular complexity index is 959. The van der Waals surface area contributed by atoms with Crippen LogP contribution in [0.25, 0.3) is 0 Å². The van der Waals surface area contributed by atoms with E-state index in [-0.39, 0.29) is 29.8 Å². The van der Waals surface area contributed by atoms with Gasteiger partial charge in [-0.3, -0.25) is 19.4 Å². The first-order chi connectivity index (χ1) is 15.0. The summed E-state index contributed by atoms with van der Waals surface area (Å²) < 4.78 is 0. The van der Waals surface area contributed by atoms with Gasteiger partial charge in [-0.2, -0.15) is 0 Å². The smallest absolute Gasteiger partial charge is 0.254 e. The first kappa shape index (κ1) is 21.0.